The van der Waals surface area contributed by atoms with Crippen LogP contribution in [0, 0.1) is 0 Å². The maximum atomic E-state index is 11.0. The summed E-state index contributed by atoms with van der Waals surface area (Å²) in [5, 5.41) is 0. The predicted octanol–water partition coefficient (Wildman–Crippen LogP) is 0.107. The molecule has 6 nitrogen and oxygen atoms in total. The SMILES string of the molecule is CCS(=O)(=O)OCC(C)OS(=O)(=O)CC. The molecule has 0 rings (SSSR count). The van der Waals surface area contributed by atoms with E-state index in [0.29, 0.717) is 0 Å². The second-order valence-corrected chi connectivity index (χ2v) is 6.70. The van der Waals surface area contributed by atoms with Gasteiger partial charge in [-0.3, -0.25) is 8.37 Å². The van der Waals surface area contributed by atoms with Crippen LogP contribution in [0.5, 0.6) is 0 Å². The van der Waals surface area contributed by atoms with Gasteiger partial charge in [0.2, 0.25) is 0 Å². The van der Waals surface area contributed by atoms with Crippen molar-refractivity contribution in [1.82, 2.24) is 0 Å². The molecule has 0 saturated carbocycles. The Bertz CT molecular complexity index is 368. The van der Waals surface area contributed by atoms with Gasteiger partial charge in [0.05, 0.1) is 24.2 Å². The third-order valence-corrected chi connectivity index (χ3v) is 4.03. The van der Waals surface area contributed by atoms with E-state index in [4.69, 9.17) is 0 Å². The smallest absolute Gasteiger partial charge is 0.267 e. The molecule has 8 heteroatoms. The van der Waals surface area contributed by atoms with Crippen molar-refractivity contribution < 1.29 is 25.2 Å². The van der Waals surface area contributed by atoms with Gasteiger partial charge in [-0.2, -0.15) is 16.8 Å². The first-order valence-electron chi connectivity index (χ1n) is 4.50. The van der Waals surface area contributed by atoms with Crippen molar-refractivity contribution in [3.8, 4) is 0 Å². The van der Waals surface area contributed by atoms with E-state index >= 15 is 0 Å². The summed E-state index contributed by atoms with van der Waals surface area (Å²) in [6.07, 6.45) is -0.809. The minimum absolute atomic E-state index is 0.153. The quantitative estimate of drug-likeness (QED) is 0.604. The van der Waals surface area contributed by atoms with Crippen LogP contribution in [-0.4, -0.2) is 41.1 Å². The van der Waals surface area contributed by atoms with Gasteiger partial charge < -0.3 is 0 Å². The number of hydrogen-bond acceptors (Lipinski definition) is 6. The van der Waals surface area contributed by atoms with Crippen LogP contribution in [0.1, 0.15) is 20.8 Å². The molecule has 0 aromatic heterocycles. The van der Waals surface area contributed by atoms with Gasteiger partial charge in [-0.05, 0) is 20.8 Å². The first-order valence-corrected chi connectivity index (χ1v) is 7.66. The molecule has 1 unspecified atom stereocenters. The Morgan fingerprint density at radius 1 is 1.00 bits per heavy atom. The highest BCUT2D eigenvalue weighted by Crippen LogP contribution is 2.03. The van der Waals surface area contributed by atoms with Crippen molar-refractivity contribution in [3.63, 3.8) is 0 Å². The van der Waals surface area contributed by atoms with Gasteiger partial charge in [0.1, 0.15) is 0 Å². The predicted molar refractivity (Wildman–Crippen MR) is 55.4 cm³/mol. The summed E-state index contributed by atoms with van der Waals surface area (Å²) in [6.45, 7) is 4.00. The van der Waals surface area contributed by atoms with Crippen molar-refractivity contribution in [1.29, 1.82) is 0 Å². The van der Waals surface area contributed by atoms with Crippen molar-refractivity contribution in [2.45, 2.75) is 26.9 Å². The third-order valence-electron chi connectivity index (χ3n) is 1.50. The molecule has 0 aromatic carbocycles. The van der Waals surface area contributed by atoms with E-state index in [1.54, 1.807) is 0 Å². The van der Waals surface area contributed by atoms with Crippen LogP contribution in [-0.2, 0) is 28.6 Å². The minimum atomic E-state index is -3.57. The Labute approximate surface area is 90.8 Å². The normalized spacial score (nSPS) is 15.1. The molecule has 0 bridgehead atoms. The van der Waals surface area contributed by atoms with Crippen LogP contribution in [0.2, 0.25) is 0 Å². The van der Waals surface area contributed by atoms with Crippen LogP contribution in [0.3, 0.4) is 0 Å². The largest absolute Gasteiger partial charge is 0.267 e. The lowest BCUT2D eigenvalue weighted by Gasteiger charge is -2.11. The van der Waals surface area contributed by atoms with Crippen molar-refractivity contribution >= 4 is 20.2 Å². The van der Waals surface area contributed by atoms with Crippen LogP contribution >= 0.6 is 0 Å². The summed E-state index contributed by atoms with van der Waals surface area (Å²) < 4.78 is 52.9. The van der Waals surface area contributed by atoms with Crippen molar-refractivity contribution in [2.75, 3.05) is 18.1 Å². The minimum Gasteiger partial charge on any atom is -0.267 e. The molecule has 0 radical (unpaired) electrons. The van der Waals surface area contributed by atoms with E-state index in [-0.39, 0.29) is 18.1 Å². The summed E-state index contributed by atoms with van der Waals surface area (Å²) in [7, 11) is -7.12. The summed E-state index contributed by atoms with van der Waals surface area (Å²) in [4.78, 5) is 0. The average molecular weight is 260 g/mol. The zero-order valence-electron chi connectivity index (χ0n) is 8.96. The second-order valence-electron chi connectivity index (χ2n) is 2.88. The topological polar surface area (TPSA) is 86.7 Å². The van der Waals surface area contributed by atoms with E-state index in [1.165, 1.54) is 20.8 Å². The lowest BCUT2D eigenvalue weighted by Crippen LogP contribution is -2.24. The fourth-order valence-corrected chi connectivity index (χ4v) is 1.89. The summed E-state index contributed by atoms with van der Waals surface area (Å²) in [5.41, 5.74) is 0. The van der Waals surface area contributed by atoms with E-state index in [1.807, 2.05) is 0 Å². The van der Waals surface area contributed by atoms with Crippen molar-refractivity contribution in [2.24, 2.45) is 0 Å². The van der Waals surface area contributed by atoms with Crippen molar-refractivity contribution in [3.05, 3.63) is 0 Å². The van der Waals surface area contributed by atoms with Crippen LogP contribution < -0.4 is 0 Å². The molecular formula is C7H16O6S2. The maximum Gasteiger partial charge on any atom is 0.267 e. The van der Waals surface area contributed by atoms with E-state index in [0.717, 1.165) is 0 Å². The highest BCUT2D eigenvalue weighted by molar-refractivity contribution is 7.87. The standard InChI is InChI=1S/C7H16O6S2/c1-4-14(8,9)12-6-7(3)13-15(10,11)5-2/h7H,4-6H2,1-3H3. The zero-order valence-corrected chi connectivity index (χ0v) is 10.6. The average Bonchev–Trinajstić information content (AvgIpc) is 2.15. The zero-order chi connectivity index (χ0) is 12.1. The van der Waals surface area contributed by atoms with Gasteiger partial charge >= 0.3 is 0 Å². The summed E-state index contributed by atoms with van der Waals surface area (Å²) in [5.74, 6) is -0.307. The molecule has 0 aliphatic rings. The Morgan fingerprint density at radius 3 is 1.87 bits per heavy atom. The lowest BCUT2D eigenvalue weighted by atomic mass is 10.5. The Morgan fingerprint density at radius 2 is 1.47 bits per heavy atom. The third kappa shape index (κ3) is 6.82. The van der Waals surface area contributed by atoms with Gasteiger partial charge in [0, 0.05) is 0 Å². The molecule has 0 heterocycles. The monoisotopic (exact) mass is 260 g/mol. The van der Waals surface area contributed by atoms with Gasteiger partial charge in [0.15, 0.2) is 0 Å². The molecule has 1 atom stereocenters. The first-order chi connectivity index (χ1) is 6.72. The first kappa shape index (κ1) is 14.8. The van der Waals surface area contributed by atoms with Gasteiger partial charge in [-0.15, -0.1) is 0 Å². The second kappa shape index (κ2) is 5.78. The fraction of sp³-hybridized carbons (Fsp3) is 1.00. The maximum absolute atomic E-state index is 11.0. The lowest BCUT2D eigenvalue weighted by molar-refractivity contribution is 0.153. The van der Waals surface area contributed by atoms with Gasteiger partial charge in [-0.25, -0.2) is 0 Å². The number of hydrogen-bond donors (Lipinski definition) is 0. The molecule has 0 fully saturated rings. The van der Waals surface area contributed by atoms with Gasteiger partial charge in [-0.1, -0.05) is 0 Å². The Balaban J connectivity index is 4.13. The highest BCUT2D eigenvalue weighted by atomic mass is 32.2. The van der Waals surface area contributed by atoms with E-state index in [9.17, 15) is 16.8 Å². The summed E-state index contributed by atoms with van der Waals surface area (Å²) >= 11 is 0. The molecule has 0 aromatic rings. The summed E-state index contributed by atoms with van der Waals surface area (Å²) in [6, 6.07) is 0. The molecule has 92 valence electrons. The van der Waals surface area contributed by atoms with Crippen LogP contribution in [0.25, 0.3) is 0 Å². The Hall–Kier alpha value is -0.180. The molecule has 15 heavy (non-hydrogen) atoms. The molecular weight excluding hydrogens is 244 g/mol. The van der Waals surface area contributed by atoms with E-state index in [2.05, 4.69) is 8.37 Å². The molecule has 0 aliphatic carbocycles. The molecule has 0 spiro atoms. The highest BCUT2D eigenvalue weighted by Gasteiger charge is 2.16. The molecule has 0 aliphatic heterocycles. The van der Waals surface area contributed by atoms with Gasteiger partial charge in [0.25, 0.3) is 20.2 Å². The molecule has 0 saturated heterocycles. The van der Waals surface area contributed by atoms with Crippen LogP contribution in [0.4, 0.5) is 0 Å². The Kier molecular flexibility index (Phi) is 5.71. The molecule has 0 N–H and O–H groups in total. The fourth-order valence-electron chi connectivity index (χ4n) is 0.629. The van der Waals surface area contributed by atoms with Crippen LogP contribution in [0.15, 0.2) is 0 Å². The number of rotatable bonds is 7. The molecule has 0 amide bonds. The van der Waals surface area contributed by atoms with E-state index < -0.39 is 26.3 Å².